The van der Waals surface area contributed by atoms with Crippen molar-refractivity contribution in [1.29, 1.82) is 0 Å². The third-order valence-electron chi connectivity index (χ3n) is 6.88. The summed E-state index contributed by atoms with van der Waals surface area (Å²) in [4.78, 5) is 29.6. The molecule has 0 aromatic heterocycles. The fraction of sp³-hybridized carbons (Fsp3) is 0.481. The van der Waals surface area contributed by atoms with Crippen LogP contribution in [-0.4, -0.2) is 77.3 Å². The minimum Gasteiger partial charge on any atom is -0.378 e. The molecule has 1 unspecified atom stereocenters. The Bertz CT molecular complexity index is 1170. The molecule has 2 aliphatic heterocycles. The SMILES string of the molecule is CC(NC(=O)CN(c1ccc(C(=O)N2CCOCC2)cc1)S(C)(=O)=O)c1ccc(N2CCCCC2)cc1. The van der Waals surface area contributed by atoms with Crippen molar-refractivity contribution >= 4 is 33.2 Å². The van der Waals surface area contributed by atoms with Crippen LogP contribution >= 0.6 is 0 Å². The zero-order valence-electron chi connectivity index (χ0n) is 21.6. The lowest BCUT2D eigenvalue weighted by molar-refractivity contribution is -0.120. The molecule has 37 heavy (non-hydrogen) atoms. The number of nitrogens with zero attached hydrogens (tertiary/aromatic N) is 3. The maximum absolute atomic E-state index is 12.9. The zero-order valence-corrected chi connectivity index (χ0v) is 22.4. The number of anilines is 2. The Morgan fingerprint density at radius 2 is 1.57 bits per heavy atom. The van der Waals surface area contributed by atoms with E-state index in [1.807, 2.05) is 19.1 Å². The van der Waals surface area contributed by atoms with Gasteiger partial charge < -0.3 is 19.9 Å². The highest BCUT2D eigenvalue weighted by molar-refractivity contribution is 7.92. The summed E-state index contributed by atoms with van der Waals surface area (Å²) < 4.78 is 31.4. The number of hydrogen-bond donors (Lipinski definition) is 1. The van der Waals surface area contributed by atoms with Gasteiger partial charge in [-0.25, -0.2) is 8.42 Å². The molecule has 4 rings (SSSR count). The summed E-state index contributed by atoms with van der Waals surface area (Å²) >= 11 is 0. The third-order valence-corrected chi connectivity index (χ3v) is 8.02. The second-order valence-electron chi connectivity index (χ2n) is 9.65. The predicted octanol–water partition coefficient (Wildman–Crippen LogP) is 2.79. The van der Waals surface area contributed by atoms with Crippen LogP contribution in [0.5, 0.6) is 0 Å². The van der Waals surface area contributed by atoms with Gasteiger partial charge in [-0.05, 0) is 68.1 Å². The molecule has 0 spiro atoms. The number of hydrogen-bond acceptors (Lipinski definition) is 6. The molecule has 2 aliphatic rings. The van der Waals surface area contributed by atoms with Crippen LogP contribution in [0, 0.1) is 0 Å². The molecular weight excluding hydrogens is 492 g/mol. The van der Waals surface area contributed by atoms with Crippen LogP contribution in [0.25, 0.3) is 0 Å². The standard InChI is InChI=1S/C27H36N4O5S/c1-21(22-6-10-24(11-7-22)29-14-4-3-5-15-29)28-26(32)20-31(37(2,34)35)25-12-8-23(9-13-25)27(33)30-16-18-36-19-17-30/h6-13,21H,3-5,14-20H2,1-2H3,(H,28,32). The Kier molecular flexibility index (Phi) is 8.71. The minimum absolute atomic E-state index is 0.126. The Hall–Kier alpha value is -3.11. The number of rotatable bonds is 8. The molecule has 1 N–H and O–H groups in total. The van der Waals surface area contributed by atoms with Crippen LogP contribution in [0.2, 0.25) is 0 Å². The van der Waals surface area contributed by atoms with E-state index >= 15 is 0 Å². The van der Waals surface area contributed by atoms with Crippen molar-refractivity contribution in [2.75, 3.05) is 61.4 Å². The van der Waals surface area contributed by atoms with Gasteiger partial charge in [0, 0.05) is 37.4 Å². The van der Waals surface area contributed by atoms with Gasteiger partial charge in [-0.15, -0.1) is 0 Å². The summed E-state index contributed by atoms with van der Waals surface area (Å²) in [7, 11) is -3.73. The Morgan fingerprint density at radius 1 is 0.946 bits per heavy atom. The van der Waals surface area contributed by atoms with Gasteiger partial charge in [0.2, 0.25) is 15.9 Å². The van der Waals surface area contributed by atoms with Gasteiger partial charge in [-0.1, -0.05) is 12.1 Å². The van der Waals surface area contributed by atoms with Crippen molar-refractivity contribution < 1.29 is 22.7 Å². The molecule has 2 amide bonds. The first-order valence-electron chi connectivity index (χ1n) is 12.8. The maximum atomic E-state index is 12.9. The lowest BCUT2D eigenvalue weighted by atomic mass is 10.1. The van der Waals surface area contributed by atoms with E-state index in [2.05, 4.69) is 22.3 Å². The van der Waals surface area contributed by atoms with Crippen LogP contribution in [0.15, 0.2) is 48.5 Å². The topological polar surface area (TPSA) is 99.3 Å². The van der Waals surface area contributed by atoms with Crippen LogP contribution in [0.4, 0.5) is 11.4 Å². The molecule has 200 valence electrons. The molecule has 0 aliphatic carbocycles. The second-order valence-corrected chi connectivity index (χ2v) is 11.6. The Balaban J connectivity index is 1.38. The Morgan fingerprint density at radius 3 is 2.16 bits per heavy atom. The van der Waals surface area contributed by atoms with E-state index in [0.717, 1.165) is 29.2 Å². The molecule has 0 saturated carbocycles. The van der Waals surface area contributed by atoms with Gasteiger partial charge in [-0.2, -0.15) is 0 Å². The van der Waals surface area contributed by atoms with Gasteiger partial charge in [0.25, 0.3) is 5.91 Å². The van der Waals surface area contributed by atoms with E-state index in [1.165, 1.54) is 24.9 Å². The number of benzene rings is 2. The highest BCUT2D eigenvalue weighted by atomic mass is 32.2. The zero-order chi connectivity index (χ0) is 26.4. The van der Waals surface area contributed by atoms with E-state index < -0.39 is 15.9 Å². The predicted molar refractivity (Wildman–Crippen MR) is 144 cm³/mol. The van der Waals surface area contributed by atoms with Gasteiger partial charge in [0.05, 0.1) is 31.2 Å². The van der Waals surface area contributed by atoms with E-state index in [-0.39, 0.29) is 18.5 Å². The van der Waals surface area contributed by atoms with E-state index in [9.17, 15) is 18.0 Å². The van der Waals surface area contributed by atoms with Crippen molar-refractivity contribution in [3.05, 3.63) is 59.7 Å². The number of nitrogens with one attached hydrogen (secondary N) is 1. The van der Waals surface area contributed by atoms with Gasteiger partial charge in [-0.3, -0.25) is 13.9 Å². The summed E-state index contributed by atoms with van der Waals surface area (Å²) in [6.07, 6.45) is 4.75. The summed E-state index contributed by atoms with van der Waals surface area (Å²) in [6.45, 7) is 5.70. The van der Waals surface area contributed by atoms with Gasteiger partial charge in [0.1, 0.15) is 6.54 Å². The smallest absolute Gasteiger partial charge is 0.254 e. The van der Waals surface area contributed by atoms with Crippen molar-refractivity contribution in [3.63, 3.8) is 0 Å². The number of ether oxygens (including phenoxy) is 1. The fourth-order valence-electron chi connectivity index (χ4n) is 4.75. The monoisotopic (exact) mass is 528 g/mol. The molecule has 0 radical (unpaired) electrons. The molecule has 2 aromatic carbocycles. The van der Waals surface area contributed by atoms with Crippen LogP contribution in [0.3, 0.4) is 0 Å². The van der Waals surface area contributed by atoms with E-state index in [4.69, 9.17) is 4.74 Å². The number of piperidine rings is 1. The first kappa shape index (κ1) is 26.9. The molecule has 2 aromatic rings. The maximum Gasteiger partial charge on any atom is 0.254 e. The van der Waals surface area contributed by atoms with Gasteiger partial charge >= 0.3 is 0 Å². The van der Waals surface area contributed by atoms with Crippen LogP contribution < -0.4 is 14.5 Å². The van der Waals surface area contributed by atoms with Crippen molar-refractivity contribution in [2.24, 2.45) is 0 Å². The molecule has 10 heteroatoms. The lowest BCUT2D eigenvalue weighted by Crippen LogP contribution is -2.41. The Labute approximate surface area is 219 Å². The fourth-order valence-corrected chi connectivity index (χ4v) is 5.60. The average molecular weight is 529 g/mol. The summed E-state index contributed by atoms with van der Waals surface area (Å²) in [6, 6.07) is 14.2. The quantitative estimate of drug-likeness (QED) is 0.566. The number of morpholine rings is 1. The lowest BCUT2D eigenvalue weighted by Gasteiger charge is -2.29. The molecule has 2 saturated heterocycles. The molecule has 1 atom stereocenters. The number of sulfonamides is 1. The average Bonchev–Trinajstić information content (AvgIpc) is 2.92. The number of carbonyl (C=O) groups excluding carboxylic acids is 2. The number of carbonyl (C=O) groups is 2. The largest absolute Gasteiger partial charge is 0.378 e. The molecule has 9 nitrogen and oxygen atoms in total. The molecular formula is C27H36N4O5S. The first-order valence-corrected chi connectivity index (χ1v) is 14.7. The summed E-state index contributed by atoms with van der Waals surface area (Å²) in [5, 5.41) is 2.91. The highest BCUT2D eigenvalue weighted by Crippen LogP contribution is 2.23. The molecule has 0 bridgehead atoms. The summed E-state index contributed by atoms with van der Waals surface area (Å²) in [5.74, 6) is -0.537. The van der Waals surface area contributed by atoms with Crippen LogP contribution in [-0.2, 0) is 19.6 Å². The molecule has 2 heterocycles. The minimum atomic E-state index is -3.73. The van der Waals surface area contributed by atoms with Gasteiger partial charge in [0.15, 0.2) is 0 Å². The highest BCUT2D eigenvalue weighted by Gasteiger charge is 2.24. The number of amides is 2. The van der Waals surface area contributed by atoms with E-state index in [0.29, 0.717) is 37.6 Å². The van der Waals surface area contributed by atoms with Crippen LogP contribution in [0.1, 0.15) is 48.1 Å². The normalized spacial score (nSPS) is 17.2. The second kappa shape index (κ2) is 12.0. The third kappa shape index (κ3) is 7.01. The van der Waals surface area contributed by atoms with E-state index in [1.54, 1.807) is 29.2 Å². The first-order chi connectivity index (χ1) is 17.7. The molecule has 2 fully saturated rings. The summed E-state index contributed by atoms with van der Waals surface area (Å²) in [5.41, 5.74) is 2.92. The van der Waals surface area contributed by atoms with Crippen molar-refractivity contribution in [2.45, 2.75) is 32.2 Å². The van der Waals surface area contributed by atoms with Crippen molar-refractivity contribution in [1.82, 2.24) is 10.2 Å². The van der Waals surface area contributed by atoms with Crippen molar-refractivity contribution in [3.8, 4) is 0 Å².